The van der Waals surface area contributed by atoms with E-state index in [9.17, 15) is 8.42 Å². The van der Waals surface area contributed by atoms with Gasteiger partial charge in [-0.15, -0.1) is 0 Å². The Morgan fingerprint density at radius 2 is 1.89 bits per heavy atom. The number of hydrogen-bond acceptors (Lipinski definition) is 4. The average Bonchev–Trinajstić information content (AvgIpc) is 2.57. The van der Waals surface area contributed by atoms with Gasteiger partial charge in [0, 0.05) is 6.20 Å². The van der Waals surface area contributed by atoms with Crippen LogP contribution in [0.1, 0.15) is 38.5 Å². The summed E-state index contributed by atoms with van der Waals surface area (Å²) in [5, 5.41) is 5.15. The maximum Gasteiger partial charge on any atom is 0.243 e. The molecule has 0 spiro atoms. The summed E-state index contributed by atoms with van der Waals surface area (Å²) in [5.41, 5.74) is 0. The third-order valence-corrected chi connectivity index (χ3v) is 4.05. The van der Waals surface area contributed by atoms with Gasteiger partial charge in [-0.25, -0.2) is 18.5 Å². The smallest absolute Gasteiger partial charge is 0.243 e. The average molecular weight is 270 g/mol. The fraction of sp³-hybridized carbons (Fsp3) is 0.583. The molecule has 1 aliphatic rings. The number of primary sulfonamides is 1. The molecule has 1 aromatic rings. The molecule has 1 aromatic heterocycles. The van der Waals surface area contributed by atoms with Gasteiger partial charge in [-0.2, -0.15) is 0 Å². The molecule has 100 valence electrons. The van der Waals surface area contributed by atoms with Gasteiger partial charge in [-0.3, -0.25) is 0 Å². The minimum Gasteiger partial charge on any atom is -0.473 e. The van der Waals surface area contributed by atoms with Crippen LogP contribution >= 0.6 is 0 Å². The number of rotatable bonds is 3. The number of nitrogens with two attached hydrogens (primary N) is 1. The second-order valence-electron chi connectivity index (χ2n) is 4.58. The van der Waals surface area contributed by atoms with Crippen LogP contribution in [0, 0.1) is 0 Å². The predicted octanol–water partition coefficient (Wildman–Crippen LogP) is 1.83. The van der Waals surface area contributed by atoms with Crippen molar-refractivity contribution < 1.29 is 13.2 Å². The Morgan fingerprint density at radius 3 is 2.50 bits per heavy atom. The Kier molecular flexibility index (Phi) is 4.19. The molecular formula is C12H18N2O3S. The summed E-state index contributed by atoms with van der Waals surface area (Å²) in [6.45, 7) is 0. The first-order valence-corrected chi connectivity index (χ1v) is 7.76. The first-order chi connectivity index (χ1) is 8.57. The van der Waals surface area contributed by atoms with Gasteiger partial charge in [-0.1, -0.05) is 12.8 Å². The van der Waals surface area contributed by atoms with Crippen molar-refractivity contribution in [2.45, 2.75) is 49.5 Å². The van der Waals surface area contributed by atoms with Crippen LogP contribution < -0.4 is 9.88 Å². The highest BCUT2D eigenvalue weighted by molar-refractivity contribution is 7.89. The first kappa shape index (κ1) is 13.3. The zero-order valence-corrected chi connectivity index (χ0v) is 11.0. The molecule has 2 rings (SSSR count). The maximum absolute atomic E-state index is 11.4. The summed E-state index contributed by atoms with van der Waals surface area (Å²) in [4.78, 5) is 3.96. The minimum absolute atomic E-state index is 0.0331. The van der Waals surface area contributed by atoms with Crippen LogP contribution in [-0.2, 0) is 10.0 Å². The summed E-state index contributed by atoms with van der Waals surface area (Å²) in [6.07, 6.45) is 8.10. The van der Waals surface area contributed by atoms with Crippen LogP contribution in [0.4, 0.5) is 0 Å². The Morgan fingerprint density at radius 1 is 1.22 bits per heavy atom. The van der Waals surface area contributed by atoms with Crippen molar-refractivity contribution in [1.82, 2.24) is 4.98 Å². The van der Waals surface area contributed by atoms with Gasteiger partial charge in [0.1, 0.15) is 11.0 Å². The van der Waals surface area contributed by atoms with Crippen LogP contribution in [0.5, 0.6) is 5.88 Å². The standard InChI is InChI=1S/C12H18N2O3S/c13-18(15,16)11-8-5-9-14-12(11)17-10-6-3-1-2-4-7-10/h5,8-10H,1-4,6-7H2,(H2,13,15,16). The van der Waals surface area contributed by atoms with Crippen LogP contribution in [0.15, 0.2) is 23.2 Å². The summed E-state index contributed by atoms with van der Waals surface area (Å²) in [5.74, 6) is 0.131. The molecule has 5 nitrogen and oxygen atoms in total. The number of hydrogen-bond donors (Lipinski definition) is 1. The van der Waals surface area contributed by atoms with Crippen molar-refractivity contribution in [2.75, 3.05) is 0 Å². The fourth-order valence-electron chi connectivity index (χ4n) is 2.20. The highest BCUT2D eigenvalue weighted by Gasteiger charge is 2.20. The Bertz CT molecular complexity index is 494. The van der Waals surface area contributed by atoms with Gasteiger partial charge < -0.3 is 4.74 Å². The van der Waals surface area contributed by atoms with Crippen molar-refractivity contribution in [3.8, 4) is 5.88 Å². The molecule has 0 amide bonds. The number of sulfonamides is 1. The predicted molar refractivity (Wildman–Crippen MR) is 67.7 cm³/mol. The van der Waals surface area contributed by atoms with E-state index in [-0.39, 0.29) is 16.9 Å². The first-order valence-electron chi connectivity index (χ1n) is 6.22. The molecule has 0 bridgehead atoms. The fourth-order valence-corrected chi connectivity index (χ4v) is 2.81. The largest absolute Gasteiger partial charge is 0.473 e. The lowest BCUT2D eigenvalue weighted by molar-refractivity contribution is 0.171. The summed E-state index contributed by atoms with van der Waals surface area (Å²) in [6, 6.07) is 2.97. The highest BCUT2D eigenvalue weighted by Crippen LogP contribution is 2.25. The van der Waals surface area contributed by atoms with E-state index in [0.29, 0.717) is 0 Å². The quantitative estimate of drug-likeness (QED) is 0.849. The molecule has 18 heavy (non-hydrogen) atoms. The molecular weight excluding hydrogens is 252 g/mol. The van der Waals surface area contributed by atoms with E-state index >= 15 is 0 Å². The van der Waals surface area contributed by atoms with Crippen molar-refractivity contribution in [3.63, 3.8) is 0 Å². The van der Waals surface area contributed by atoms with Crippen molar-refractivity contribution >= 4 is 10.0 Å². The normalized spacial score (nSPS) is 18.3. The molecule has 0 radical (unpaired) electrons. The highest BCUT2D eigenvalue weighted by atomic mass is 32.2. The van der Waals surface area contributed by atoms with E-state index < -0.39 is 10.0 Å². The molecule has 1 fully saturated rings. The Balaban J connectivity index is 2.18. The molecule has 1 heterocycles. The monoisotopic (exact) mass is 270 g/mol. The molecule has 6 heteroatoms. The molecule has 0 aromatic carbocycles. The lowest BCUT2D eigenvalue weighted by Crippen LogP contribution is -2.20. The van der Waals surface area contributed by atoms with Crippen molar-refractivity contribution in [1.29, 1.82) is 0 Å². The molecule has 1 saturated carbocycles. The van der Waals surface area contributed by atoms with E-state index in [0.717, 1.165) is 25.7 Å². The number of aromatic nitrogens is 1. The molecule has 0 aliphatic heterocycles. The van der Waals surface area contributed by atoms with Gasteiger partial charge in [0.25, 0.3) is 0 Å². The van der Waals surface area contributed by atoms with Gasteiger partial charge in [0.2, 0.25) is 15.9 Å². The number of nitrogens with zero attached hydrogens (tertiary/aromatic N) is 1. The van der Waals surface area contributed by atoms with Crippen LogP contribution in [0.3, 0.4) is 0 Å². The van der Waals surface area contributed by atoms with Crippen LogP contribution in [0.25, 0.3) is 0 Å². The number of pyridine rings is 1. The molecule has 2 N–H and O–H groups in total. The summed E-state index contributed by atoms with van der Waals surface area (Å²) in [7, 11) is -3.78. The topological polar surface area (TPSA) is 82.3 Å². The maximum atomic E-state index is 11.4. The summed E-state index contributed by atoms with van der Waals surface area (Å²) < 4.78 is 28.6. The lowest BCUT2D eigenvalue weighted by Gasteiger charge is -2.17. The van der Waals surface area contributed by atoms with Gasteiger partial charge in [-0.05, 0) is 37.8 Å². The molecule has 1 aliphatic carbocycles. The van der Waals surface area contributed by atoms with E-state index in [1.165, 1.54) is 25.1 Å². The van der Waals surface area contributed by atoms with Crippen LogP contribution in [0.2, 0.25) is 0 Å². The third-order valence-electron chi connectivity index (χ3n) is 3.12. The molecule has 0 saturated heterocycles. The van der Waals surface area contributed by atoms with Gasteiger partial charge in [0.15, 0.2) is 0 Å². The zero-order valence-electron chi connectivity index (χ0n) is 10.2. The van der Waals surface area contributed by atoms with Gasteiger partial charge in [0.05, 0.1) is 0 Å². The zero-order chi connectivity index (χ0) is 13.0. The van der Waals surface area contributed by atoms with E-state index in [1.807, 2.05) is 0 Å². The number of ether oxygens (including phenoxy) is 1. The van der Waals surface area contributed by atoms with Crippen LogP contribution in [-0.4, -0.2) is 19.5 Å². The molecule has 0 atom stereocenters. The van der Waals surface area contributed by atoms with E-state index in [1.54, 1.807) is 6.07 Å². The summed E-state index contributed by atoms with van der Waals surface area (Å²) >= 11 is 0. The SMILES string of the molecule is NS(=O)(=O)c1cccnc1OC1CCCCCC1. The van der Waals surface area contributed by atoms with Gasteiger partial charge >= 0.3 is 0 Å². The lowest BCUT2D eigenvalue weighted by atomic mass is 10.1. The second-order valence-corrected chi connectivity index (χ2v) is 6.11. The van der Waals surface area contributed by atoms with Crippen molar-refractivity contribution in [2.24, 2.45) is 5.14 Å². The Labute approximate surface area is 107 Å². The minimum atomic E-state index is -3.78. The van der Waals surface area contributed by atoms with E-state index in [4.69, 9.17) is 9.88 Å². The van der Waals surface area contributed by atoms with Crippen molar-refractivity contribution in [3.05, 3.63) is 18.3 Å². The molecule has 0 unspecified atom stereocenters. The Hall–Kier alpha value is -1.14. The third kappa shape index (κ3) is 3.43. The second kappa shape index (κ2) is 5.67. The van der Waals surface area contributed by atoms with E-state index in [2.05, 4.69) is 4.98 Å².